The molecular weight excluding hydrogens is 412 g/mol. The lowest BCUT2D eigenvalue weighted by molar-refractivity contribution is -0.277. The van der Waals surface area contributed by atoms with Gasteiger partial charge in [0.15, 0.2) is 11.5 Å². The molecule has 1 saturated heterocycles. The number of phenolic OH excluding ortho intramolecular Hbond substituents is 1. The Hall–Kier alpha value is -2.89. The fraction of sp³-hybridized carbons (Fsp3) is 0.381. The van der Waals surface area contributed by atoms with Crippen molar-refractivity contribution in [1.82, 2.24) is 0 Å². The van der Waals surface area contributed by atoms with Gasteiger partial charge in [-0.05, 0) is 42.2 Å². The molecule has 7 N–H and O–H groups in total. The Morgan fingerprint density at radius 2 is 1.71 bits per heavy atom. The number of aryl methyl sites for hydroxylation is 2. The molecular formula is C21H24O10. The Bertz CT molecular complexity index is 928. The van der Waals surface area contributed by atoms with Crippen LogP contribution in [0.25, 0.3) is 0 Å². The summed E-state index contributed by atoms with van der Waals surface area (Å²) in [4.78, 5) is 11.4. The second kappa shape index (κ2) is 9.50. The van der Waals surface area contributed by atoms with E-state index in [2.05, 4.69) is 0 Å². The van der Waals surface area contributed by atoms with E-state index in [0.29, 0.717) is 17.5 Å². The number of carboxylic acid groups (broad SMARTS) is 1. The molecule has 168 valence electrons. The van der Waals surface area contributed by atoms with Crippen molar-refractivity contribution in [3.8, 4) is 17.2 Å². The highest BCUT2D eigenvalue weighted by Gasteiger charge is 2.44. The van der Waals surface area contributed by atoms with E-state index in [-0.39, 0.29) is 29.2 Å². The van der Waals surface area contributed by atoms with Gasteiger partial charge in [-0.1, -0.05) is 18.2 Å². The molecule has 0 aromatic heterocycles. The van der Waals surface area contributed by atoms with E-state index < -0.39 is 43.3 Å². The van der Waals surface area contributed by atoms with Crippen LogP contribution in [-0.4, -0.2) is 79.0 Å². The lowest BCUT2D eigenvalue weighted by atomic mass is 9.98. The zero-order valence-corrected chi connectivity index (χ0v) is 16.3. The molecule has 1 heterocycles. The molecule has 2 aromatic rings. The fourth-order valence-corrected chi connectivity index (χ4v) is 3.42. The van der Waals surface area contributed by atoms with Crippen molar-refractivity contribution in [2.75, 3.05) is 6.61 Å². The number of ether oxygens (including phenoxy) is 2. The topological polar surface area (TPSA) is 177 Å². The number of aliphatic hydroxyl groups excluding tert-OH is 4. The molecule has 0 bridgehead atoms. The zero-order valence-electron chi connectivity index (χ0n) is 16.3. The zero-order chi connectivity index (χ0) is 22.7. The fourth-order valence-electron chi connectivity index (χ4n) is 3.42. The first-order valence-corrected chi connectivity index (χ1v) is 9.56. The van der Waals surface area contributed by atoms with E-state index in [1.54, 1.807) is 18.2 Å². The van der Waals surface area contributed by atoms with Crippen LogP contribution in [0.5, 0.6) is 17.2 Å². The number of carboxylic acids is 1. The molecule has 0 aliphatic carbocycles. The third-order valence-corrected chi connectivity index (χ3v) is 5.14. The third-order valence-electron chi connectivity index (χ3n) is 5.14. The van der Waals surface area contributed by atoms with Gasteiger partial charge in [-0.3, -0.25) is 0 Å². The van der Waals surface area contributed by atoms with Gasteiger partial charge in [-0.15, -0.1) is 0 Å². The highest BCUT2D eigenvalue weighted by molar-refractivity contribution is 5.92. The largest absolute Gasteiger partial charge is 0.507 e. The van der Waals surface area contributed by atoms with Crippen LogP contribution in [-0.2, 0) is 17.6 Å². The summed E-state index contributed by atoms with van der Waals surface area (Å²) in [5.74, 6) is -1.92. The van der Waals surface area contributed by atoms with Crippen molar-refractivity contribution >= 4 is 5.97 Å². The maximum atomic E-state index is 11.4. The molecule has 31 heavy (non-hydrogen) atoms. The van der Waals surface area contributed by atoms with E-state index in [0.717, 1.165) is 0 Å². The van der Waals surface area contributed by atoms with Gasteiger partial charge in [0.05, 0.1) is 6.61 Å². The summed E-state index contributed by atoms with van der Waals surface area (Å²) in [5, 5.41) is 68.3. The van der Waals surface area contributed by atoms with E-state index in [4.69, 9.17) is 9.47 Å². The maximum Gasteiger partial charge on any atom is 0.339 e. The van der Waals surface area contributed by atoms with Crippen LogP contribution in [0.2, 0.25) is 0 Å². The number of phenols is 2. The number of aromatic carboxylic acids is 1. The Labute approximate surface area is 177 Å². The predicted molar refractivity (Wildman–Crippen MR) is 105 cm³/mol. The van der Waals surface area contributed by atoms with Crippen molar-refractivity contribution in [2.24, 2.45) is 0 Å². The molecule has 0 spiro atoms. The van der Waals surface area contributed by atoms with Gasteiger partial charge in [-0.25, -0.2) is 4.79 Å². The van der Waals surface area contributed by atoms with Gasteiger partial charge in [0, 0.05) is 0 Å². The second-order valence-electron chi connectivity index (χ2n) is 7.23. The van der Waals surface area contributed by atoms with Crippen molar-refractivity contribution in [2.45, 2.75) is 43.5 Å². The molecule has 10 nitrogen and oxygen atoms in total. The summed E-state index contributed by atoms with van der Waals surface area (Å²) in [6, 6.07) is 8.82. The van der Waals surface area contributed by atoms with Crippen LogP contribution in [0.1, 0.15) is 21.5 Å². The number of hydrogen-bond acceptors (Lipinski definition) is 9. The minimum atomic E-state index is -1.63. The first-order chi connectivity index (χ1) is 14.7. The number of aromatic hydroxyl groups is 2. The van der Waals surface area contributed by atoms with Crippen molar-refractivity contribution in [3.63, 3.8) is 0 Å². The van der Waals surface area contributed by atoms with Crippen molar-refractivity contribution < 1.29 is 50.0 Å². The highest BCUT2D eigenvalue weighted by Crippen LogP contribution is 2.32. The number of benzene rings is 2. The number of aliphatic hydroxyl groups is 4. The SMILES string of the molecule is O=C(O)c1c(O)cccc1CCc1ccc(O)c(O[C@@H]2O[C@H](CO)[C@@H](O)[C@H](O)[C@H]2O)c1. The average Bonchev–Trinajstić information content (AvgIpc) is 2.74. The summed E-state index contributed by atoms with van der Waals surface area (Å²) >= 11 is 0. The summed E-state index contributed by atoms with van der Waals surface area (Å²) < 4.78 is 10.8. The van der Waals surface area contributed by atoms with Crippen LogP contribution in [0.15, 0.2) is 36.4 Å². The quantitative estimate of drug-likeness (QED) is 0.306. The van der Waals surface area contributed by atoms with E-state index in [9.17, 15) is 40.5 Å². The standard InChI is InChI=1S/C21H24O10/c22-9-15-17(25)18(26)19(27)21(31-15)30-14-8-10(5-7-12(14)23)4-6-11-2-1-3-13(24)16(11)20(28)29/h1-3,5,7-8,15,17-19,21-27H,4,6,9H2,(H,28,29)/t15-,17-,18+,19-,21-/m1/s1. The monoisotopic (exact) mass is 436 g/mol. The maximum absolute atomic E-state index is 11.4. The van der Waals surface area contributed by atoms with Crippen LogP contribution in [0.3, 0.4) is 0 Å². The Morgan fingerprint density at radius 3 is 2.39 bits per heavy atom. The predicted octanol–water partition coefficient (Wildman–Crippen LogP) is -0.240. The molecule has 3 rings (SSSR count). The lowest BCUT2D eigenvalue weighted by Crippen LogP contribution is -2.60. The number of rotatable bonds is 7. The minimum Gasteiger partial charge on any atom is -0.507 e. The molecule has 1 aliphatic rings. The van der Waals surface area contributed by atoms with E-state index in [1.807, 2.05) is 0 Å². The van der Waals surface area contributed by atoms with E-state index >= 15 is 0 Å². The molecule has 10 heteroatoms. The molecule has 0 amide bonds. The minimum absolute atomic E-state index is 0.0730. The Balaban J connectivity index is 1.76. The van der Waals surface area contributed by atoms with Gasteiger partial charge in [0.25, 0.3) is 0 Å². The second-order valence-corrected chi connectivity index (χ2v) is 7.23. The molecule has 5 atom stereocenters. The number of carbonyl (C=O) groups is 1. The van der Waals surface area contributed by atoms with Gasteiger partial charge < -0.3 is 45.2 Å². The Morgan fingerprint density at radius 1 is 0.968 bits per heavy atom. The summed E-state index contributed by atoms with van der Waals surface area (Å²) in [5.41, 5.74) is 0.896. The van der Waals surface area contributed by atoms with Crippen LogP contribution < -0.4 is 4.74 Å². The average molecular weight is 436 g/mol. The van der Waals surface area contributed by atoms with Gasteiger partial charge in [0.2, 0.25) is 6.29 Å². The lowest BCUT2D eigenvalue weighted by Gasteiger charge is -2.39. The van der Waals surface area contributed by atoms with Gasteiger partial charge in [0.1, 0.15) is 35.7 Å². The summed E-state index contributed by atoms with van der Waals surface area (Å²) in [6.07, 6.45) is -6.79. The van der Waals surface area contributed by atoms with E-state index in [1.165, 1.54) is 18.2 Å². The summed E-state index contributed by atoms with van der Waals surface area (Å²) in [7, 11) is 0. The van der Waals surface area contributed by atoms with Crippen LogP contribution in [0, 0.1) is 0 Å². The highest BCUT2D eigenvalue weighted by atomic mass is 16.7. The molecule has 0 unspecified atom stereocenters. The smallest absolute Gasteiger partial charge is 0.339 e. The molecule has 1 fully saturated rings. The normalized spacial score (nSPS) is 25.9. The van der Waals surface area contributed by atoms with Gasteiger partial charge >= 0.3 is 5.97 Å². The van der Waals surface area contributed by atoms with Crippen molar-refractivity contribution in [1.29, 1.82) is 0 Å². The van der Waals surface area contributed by atoms with Crippen LogP contribution >= 0.6 is 0 Å². The summed E-state index contributed by atoms with van der Waals surface area (Å²) in [6.45, 7) is -0.618. The first-order valence-electron chi connectivity index (χ1n) is 9.56. The van der Waals surface area contributed by atoms with Crippen molar-refractivity contribution in [3.05, 3.63) is 53.1 Å². The Kier molecular flexibility index (Phi) is 6.98. The van der Waals surface area contributed by atoms with Gasteiger partial charge in [-0.2, -0.15) is 0 Å². The molecule has 2 aromatic carbocycles. The molecule has 0 saturated carbocycles. The third kappa shape index (κ3) is 4.89. The first kappa shape index (κ1) is 22.8. The number of hydrogen-bond donors (Lipinski definition) is 7. The van der Waals surface area contributed by atoms with Crippen LogP contribution in [0.4, 0.5) is 0 Å². The molecule has 0 radical (unpaired) electrons. The molecule has 1 aliphatic heterocycles.